The molecule has 0 unspecified atom stereocenters. The second-order valence-corrected chi connectivity index (χ2v) is 3.20. The highest BCUT2D eigenvalue weighted by Gasteiger charge is 2.15. The maximum absolute atomic E-state index is 5.62. The fourth-order valence-electron chi connectivity index (χ4n) is 1.52. The average Bonchev–Trinajstić information content (AvgIpc) is 2.30. The van der Waals surface area contributed by atoms with Crippen molar-refractivity contribution in [2.24, 2.45) is 0 Å². The first kappa shape index (κ1) is 9.43. The van der Waals surface area contributed by atoms with Crippen molar-refractivity contribution in [1.82, 2.24) is 10.3 Å². The van der Waals surface area contributed by atoms with E-state index >= 15 is 0 Å². The fourth-order valence-corrected chi connectivity index (χ4v) is 1.52. The SMILES string of the molecule is COc1cc([C@H]2CNCCO2)ccn1. The van der Waals surface area contributed by atoms with Crippen LogP contribution in [0.15, 0.2) is 18.3 Å². The zero-order chi connectivity index (χ0) is 9.80. The van der Waals surface area contributed by atoms with Crippen LogP contribution in [0.2, 0.25) is 0 Å². The third-order valence-corrected chi connectivity index (χ3v) is 2.27. The Kier molecular flexibility index (Phi) is 2.96. The molecule has 76 valence electrons. The maximum Gasteiger partial charge on any atom is 0.213 e. The van der Waals surface area contributed by atoms with E-state index in [1.165, 1.54) is 0 Å². The van der Waals surface area contributed by atoms with E-state index in [-0.39, 0.29) is 6.10 Å². The number of ether oxygens (including phenoxy) is 2. The molecule has 0 amide bonds. The molecule has 0 saturated carbocycles. The van der Waals surface area contributed by atoms with Crippen LogP contribution in [0.1, 0.15) is 11.7 Å². The monoisotopic (exact) mass is 194 g/mol. The van der Waals surface area contributed by atoms with Crippen LogP contribution in [0.3, 0.4) is 0 Å². The molecule has 0 radical (unpaired) electrons. The van der Waals surface area contributed by atoms with Crippen LogP contribution in [-0.2, 0) is 4.74 Å². The summed E-state index contributed by atoms with van der Waals surface area (Å²) in [5.41, 5.74) is 1.11. The largest absolute Gasteiger partial charge is 0.481 e. The van der Waals surface area contributed by atoms with Gasteiger partial charge in [0, 0.05) is 25.4 Å². The van der Waals surface area contributed by atoms with Gasteiger partial charge in [-0.3, -0.25) is 0 Å². The van der Waals surface area contributed by atoms with Gasteiger partial charge < -0.3 is 14.8 Å². The summed E-state index contributed by atoms with van der Waals surface area (Å²) in [5.74, 6) is 0.636. The number of rotatable bonds is 2. The quantitative estimate of drug-likeness (QED) is 0.754. The molecular weight excluding hydrogens is 180 g/mol. The van der Waals surface area contributed by atoms with Gasteiger partial charge in [0.25, 0.3) is 0 Å². The number of methoxy groups -OCH3 is 1. The van der Waals surface area contributed by atoms with E-state index in [1.807, 2.05) is 12.1 Å². The lowest BCUT2D eigenvalue weighted by Crippen LogP contribution is -2.33. The third kappa shape index (κ3) is 2.02. The Labute approximate surface area is 83.2 Å². The van der Waals surface area contributed by atoms with Gasteiger partial charge in [-0.25, -0.2) is 4.98 Å². The Morgan fingerprint density at radius 2 is 2.57 bits per heavy atom. The lowest BCUT2D eigenvalue weighted by molar-refractivity contribution is 0.0275. The van der Waals surface area contributed by atoms with Gasteiger partial charge in [-0.1, -0.05) is 0 Å². The summed E-state index contributed by atoms with van der Waals surface area (Å²) >= 11 is 0. The topological polar surface area (TPSA) is 43.4 Å². The Bertz CT molecular complexity index is 298. The van der Waals surface area contributed by atoms with Gasteiger partial charge in [0.1, 0.15) is 0 Å². The van der Waals surface area contributed by atoms with Crippen LogP contribution < -0.4 is 10.1 Å². The molecular formula is C10H14N2O2. The van der Waals surface area contributed by atoms with Gasteiger partial charge in [-0.2, -0.15) is 0 Å². The lowest BCUT2D eigenvalue weighted by Gasteiger charge is -2.23. The Hall–Kier alpha value is -1.13. The van der Waals surface area contributed by atoms with Gasteiger partial charge in [0.05, 0.1) is 19.8 Å². The van der Waals surface area contributed by atoms with Crippen molar-refractivity contribution in [1.29, 1.82) is 0 Å². The molecule has 0 bridgehead atoms. The minimum Gasteiger partial charge on any atom is -0.481 e. The highest BCUT2D eigenvalue weighted by Crippen LogP contribution is 2.20. The predicted molar refractivity (Wildman–Crippen MR) is 52.4 cm³/mol. The van der Waals surface area contributed by atoms with E-state index in [0.29, 0.717) is 5.88 Å². The van der Waals surface area contributed by atoms with Crippen molar-refractivity contribution in [2.75, 3.05) is 26.8 Å². The molecule has 0 aliphatic carbocycles. The summed E-state index contributed by atoms with van der Waals surface area (Å²) in [5, 5.41) is 3.28. The summed E-state index contributed by atoms with van der Waals surface area (Å²) < 4.78 is 10.7. The molecule has 1 aromatic rings. The molecule has 1 N–H and O–H groups in total. The highest BCUT2D eigenvalue weighted by molar-refractivity contribution is 5.23. The first-order valence-electron chi connectivity index (χ1n) is 4.72. The standard InChI is InChI=1S/C10H14N2O2/c1-13-10-6-8(2-3-12-10)9-7-11-4-5-14-9/h2-3,6,9,11H,4-5,7H2,1H3/t9-/m1/s1. The van der Waals surface area contributed by atoms with Crippen LogP contribution in [-0.4, -0.2) is 31.8 Å². The number of hydrogen-bond acceptors (Lipinski definition) is 4. The molecule has 4 heteroatoms. The third-order valence-electron chi connectivity index (χ3n) is 2.27. The van der Waals surface area contributed by atoms with E-state index in [9.17, 15) is 0 Å². The molecule has 2 heterocycles. The fraction of sp³-hybridized carbons (Fsp3) is 0.500. The van der Waals surface area contributed by atoms with Crippen molar-refractivity contribution in [3.8, 4) is 5.88 Å². The Morgan fingerprint density at radius 1 is 1.64 bits per heavy atom. The smallest absolute Gasteiger partial charge is 0.213 e. The molecule has 1 aliphatic heterocycles. The first-order chi connectivity index (χ1) is 6.90. The number of nitrogens with zero attached hydrogens (tertiary/aromatic N) is 1. The molecule has 4 nitrogen and oxygen atoms in total. The van der Waals surface area contributed by atoms with Crippen LogP contribution in [0, 0.1) is 0 Å². The number of nitrogens with one attached hydrogen (secondary N) is 1. The molecule has 1 atom stereocenters. The van der Waals surface area contributed by atoms with Crippen molar-refractivity contribution < 1.29 is 9.47 Å². The molecule has 14 heavy (non-hydrogen) atoms. The molecule has 0 aromatic carbocycles. The molecule has 1 aromatic heterocycles. The van der Waals surface area contributed by atoms with Crippen molar-refractivity contribution >= 4 is 0 Å². The van der Waals surface area contributed by atoms with E-state index in [0.717, 1.165) is 25.3 Å². The van der Waals surface area contributed by atoms with Crippen LogP contribution in [0.25, 0.3) is 0 Å². The molecule has 2 rings (SSSR count). The Balaban J connectivity index is 2.13. The first-order valence-corrected chi connectivity index (χ1v) is 4.72. The summed E-state index contributed by atoms with van der Waals surface area (Å²) in [6.07, 6.45) is 1.87. The summed E-state index contributed by atoms with van der Waals surface area (Å²) in [6.45, 7) is 2.54. The molecule has 0 spiro atoms. The second-order valence-electron chi connectivity index (χ2n) is 3.20. The summed E-state index contributed by atoms with van der Waals surface area (Å²) in [7, 11) is 1.62. The van der Waals surface area contributed by atoms with Crippen molar-refractivity contribution in [2.45, 2.75) is 6.10 Å². The highest BCUT2D eigenvalue weighted by atomic mass is 16.5. The number of morpholine rings is 1. The molecule has 1 fully saturated rings. The van der Waals surface area contributed by atoms with Gasteiger partial charge in [-0.15, -0.1) is 0 Å². The van der Waals surface area contributed by atoms with E-state index in [2.05, 4.69) is 10.3 Å². The summed E-state index contributed by atoms with van der Waals surface area (Å²) in [4.78, 5) is 4.05. The van der Waals surface area contributed by atoms with Crippen molar-refractivity contribution in [3.63, 3.8) is 0 Å². The zero-order valence-corrected chi connectivity index (χ0v) is 8.19. The molecule has 1 saturated heterocycles. The van der Waals surface area contributed by atoms with Gasteiger partial charge in [0.2, 0.25) is 5.88 Å². The van der Waals surface area contributed by atoms with Crippen LogP contribution in [0.5, 0.6) is 5.88 Å². The summed E-state index contributed by atoms with van der Waals surface area (Å²) in [6, 6.07) is 3.87. The minimum atomic E-state index is 0.126. The second kappa shape index (κ2) is 4.39. The average molecular weight is 194 g/mol. The number of hydrogen-bond donors (Lipinski definition) is 1. The van der Waals surface area contributed by atoms with Crippen molar-refractivity contribution in [3.05, 3.63) is 23.9 Å². The van der Waals surface area contributed by atoms with Gasteiger partial charge in [-0.05, 0) is 11.6 Å². The van der Waals surface area contributed by atoms with Gasteiger partial charge in [0.15, 0.2) is 0 Å². The number of pyridine rings is 1. The predicted octanol–water partition coefficient (Wildman–Crippen LogP) is 0.751. The van der Waals surface area contributed by atoms with Crippen LogP contribution in [0.4, 0.5) is 0 Å². The van der Waals surface area contributed by atoms with E-state index in [1.54, 1.807) is 13.3 Å². The normalized spacial score (nSPS) is 21.9. The van der Waals surface area contributed by atoms with Gasteiger partial charge >= 0.3 is 0 Å². The maximum atomic E-state index is 5.62. The van der Waals surface area contributed by atoms with E-state index in [4.69, 9.17) is 9.47 Å². The Morgan fingerprint density at radius 3 is 3.29 bits per heavy atom. The number of aromatic nitrogens is 1. The van der Waals surface area contributed by atoms with E-state index < -0.39 is 0 Å². The lowest BCUT2D eigenvalue weighted by atomic mass is 10.1. The zero-order valence-electron chi connectivity index (χ0n) is 8.19. The van der Waals surface area contributed by atoms with Crippen LogP contribution >= 0.6 is 0 Å². The minimum absolute atomic E-state index is 0.126. The molecule has 1 aliphatic rings.